The van der Waals surface area contributed by atoms with Crippen molar-refractivity contribution in [3.05, 3.63) is 36.4 Å². The van der Waals surface area contributed by atoms with Crippen LogP contribution in [0.15, 0.2) is 36.4 Å². The van der Waals surface area contributed by atoms with Crippen molar-refractivity contribution in [3.63, 3.8) is 0 Å². The molecule has 3 rings (SSSR count). The van der Waals surface area contributed by atoms with Crippen molar-refractivity contribution < 1.29 is 4.74 Å². The molecule has 0 atom stereocenters. The fourth-order valence-electron chi connectivity index (χ4n) is 2.39. The van der Waals surface area contributed by atoms with Gasteiger partial charge in [0.15, 0.2) is 0 Å². The smallest absolute Gasteiger partial charge is 0.214 e. The van der Waals surface area contributed by atoms with Crippen molar-refractivity contribution >= 4 is 10.9 Å². The highest BCUT2D eigenvalue weighted by Gasteiger charge is 2.18. The predicted octanol–water partition coefficient (Wildman–Crippen LogP) is 2.71. The standard InChI is InChI=1S/C15H18N2O/c1-17-10-8-13(9-11-17)18-15-7-6-12-4-2-3-5-14(12)16-15/h2-7,13H,8-11H2,1H3. The van der Waals surface area contributed by atoms with E-state index in [1.165, 1.54) is 0 Å². The van der Waals surface area contributed by atoms with Crippen LogP contribution in [0.3, 0.4) is 0 Å². The maximum absolute atomic E-state index is 5.97. The van der Waals surface area contributed by atoms with E-state index < -0.39 is 0 Å². The van der Waals surface area contributed by atoms with Gasteiger partial charge in [0, 0.05) is 24.5 Å². The summed E-state index contributed by atoms with van der Waals surface area (Å²) in [4.78, 5) is 6.89. The lowest BCUT2D eigenvalue weighted by molar-refractivity contribution is 0.110. The molecule has 94 valence electrons. The van der Waals surface area contributed by atoms with Crippen LogP contribution in [0.25, 0.3) is 10.9 Å². The number of likely N-dealkylation sites (tertiary alicyclic amines) is 1. The first-order valence-corrected chi connectivity index (χ1v) is 6.52. The second kappa shape index (κ2) is 4.94. The Kier molecular flexibility index (Phi) is 3.15. The van der Waals surface area contributed by atoms with Gasteiger partial charge in [-0.25, -0.2) is 4.98 Å². The van der Waals surface area contributed by atoms with E-state index in [9.17, 15) is 0 Å². The number of pyridine rings is 1. The van der Waals surface area contributed by atoms with Gasteiger partial charge in [0.2, 0.25) is 5.88 Å². The number of nitrogens with zero attached hydrogens (tertiary/aromatic N) is 2. The molecule has 18 heavy (non-hydrogen) atoms. The van der Waals surface area contributed by atoms with Gasteiger partial charge < -0.3 is 9.64 Å². The maximum atomic E-state index is 5.97. The fraction of sp³-hybridized carbons (Fsp3) is 0.400. The minimum atomic E-state index is 0.315. The van der Waals surface area contributed by atoms with Gasteiger partial charge in [-0.3, -0.25) is 0 Å². The molecule has 2 aromatic rings. The molecular weight excluding hydrogens is 224 g/mol. The maximum Gasteiger partial charge on any atom is 0.214 e. The van der Waals surface area contributed by atoms with Gasteiger partial charge in [-0.05, 0) is 32.0 Å². The molecule has 0 unspecified atom stereocenters. The summed E-state index contributed by atoms with van der Waals surface area (Å²) in [6, 6.07) is 12.2. The van der Waals surface area contributed by atoms with Crippen LogP contribution in [-0.2, 0) is 0 Å². The summed E-state index contributed by atoms with van der Waals surface area (Å²) < 4.78 is 5.97. The summed E-state index contributed by atoms with van der Waals surface area (Å²) in [5.41, 5.74) is 1.00. The van der Waals surface area contributed by atoms with Crippen LogP contribution in [0.1, 0.15) is 12.8 Å². The lowest BCUT2D eigenvalue weighted by atomic mass is 10.1. The molecule has 0 spiro atoms. The zero-order valence-electron chi connectivity index (χ0n) is 10.7. The second-order valence-corrected chi connectivity index (χ2v) is 4.96. The number of para-hydroxylation sites is 1. The monoisotopic (exact) mass is 242 g/mol. The molecule has 3 nitrogen and oxygen atoms in total. The third-order valence-corrected chi connectivity index (χ3v) is 3.53. The van der Waals surface area contributed by atoms with E-state index in [-0.39, 0.29) is 0 Å². The van der Waals surface area contributed by atoms with E-state index in [2.05, 4.69) is 29.1 Å². The van der Waals surface area contributed by atoms with Crippen molar-refractivity contribution in [2.24, 2.45) is 0 Å². The van der Waals surface area contributed by atoms with Gasteiger partial charge in [0.25, 0.3) is 0 Å². The summed E-state index contributed by atoms with van der Waals surface area (Å²) in [7, 11) is 2.16. The Hall–Kier alpha value is -1.61. The van der Waals surface area contributed by atoms with Crippen molar-refractivity contribution in [1.82, 2.24) is 9.88 Å². The first-order valence-electron chi connectivity index (χ1n) is 6.52. The number of piperidine rings is 1. The predicted molar refractivity (Wildman–Crippen MR) is 72.9 cm³/mol. The molecule has 1 fully saturated rings. The molecule has 0 N–H and O–H groups in total. The van der Waals surface area contributed by atoms with Crippen molar-refractivity contribution in [1.29, 1.82) is 0 Å². The van der Waals surface area contributed by atoms with Crippen LogP contribution in [0.5, 0.6) is 5.88 Å². The van der Waals surface area contributed by atoms with E-state index in [1.54, 1.807) is 0 Å². The molecule has 0 aliphatic carbocycles. The Morgan fingerprint density at radius 3 is 2.72 bits per heavy atom. The third-order valence-electron chi connectivity index (χ3n) is 3.53. The van der Waals surface area contributed by atoms with E-state index in [1.807, 2.05) is 24.3 Å². The normalized spacial score (nSPS) is 18.1. The molecule has 1 saturated heterocycles. The molecule has 0 amide bonds. The SMILES string of the molecule is CN1CCC(Oc2ccc3ccccc3n2)CC1. The van der Waals surface area contributed by atoms with Crippen LogP contribution in [0.2, 0.25) is 0 Å². The second-order valence-electron chi connectivity index (χ2n) is 4.96. The Labute approximate surface area is 107 Å². The number of fused-ring (bicyclic) bond motifs is 1. The third kappa shape index (κ3) is 2.46. The van der Waals surface area contributed by atoms with Gasteiger partial charge >= 0.3 is 0 Å². The van der Waals surface area contributed by atoms with E-state index in [0.29, 0.717) is 6.10 Å². The first kappa shape index (κ1) is 11.5. The molecule has 1 aliphatic heterocycles. The minimum absolute atomic E-state index is 0.315. The van der Waals surface area contributed by atoms with Crippen LogP contribution in [0.4, 0.5) is 0 Å². The molecule has 0 bridgehead atoms. The zero-order valence-corrected chi connectivity index (χ0v) is 10.7. The number of hydrogen-bond donors (Lipinski definition) is 0. The summed E-state index contributed by atoms with van der Waals surface area (Å²) in [6.45, 7) is 2.22. The number of ether oxygens (including phenoxy) is 1. The van der Waals surface area contributed by atoms with Gasteiger partial charge in [0.1, 0.15) is 6.10 Å². The first-order chi connectivity index (χ1) is 8.81. The summed E-state index contributed by atoms with van der Waals surface area (Å²) >= 11 is 0. The van der Waals surface area contributed by atoms with E-state index in [4.69, 9.17) is 4.74 Å². The van der Waals surface area contributed by atoms with Crippen LogP contribution in [0, 0.1) is 0 Å². The average Bonchev–Trinajstić information content (AvgIpc) is 2.41. The quantitative estimate of drug-likeness (QED) is 0.809. The number of hydrogen-bond acceptors (Lipinski definition) is 3. The molecule has 0 radical (unpaired) electrons. The Morgan fingerprint density at radius 1 is 1.11 bits per heavy atom. The zero-order chi connectivity index (χ0) is 12.4. The van der Waals surface area contributed by atoms with Crippen LogP contribution in [-0.4, -0.2) is 36.1 Å². The molecule has 1 aromatic carbocycles. The Bertz CT molecular complexity index is 533. The molecule has 0 saturated carbocycles. The van der Waals surface area contributed by atoms with Gasteiger partial charge in [-0.1, -0.05) is 18.2 Å². The highest BCUT2D eigenvalue weighted by atomic mass is 16.5. The minimum Gasteiger partial charge on any atom is -0.474 e. The number of aromatic nitrogens is 1. The van der Waals surface area contributed by atoms with Crippen molar-refractivity contribution in [3.8, 4) is 5.88 Å². The number of rotatable bonds is 2. The lowest BCUT2D eigenvalue weighted by Gasteiger charge is -2.28. The van der Waals surface area contributed by atoms with Crippen LogP contribution >= 0.6 is 0 Å². The fourth-order valence-corrected chi connectivity index (χ4v) is 2.39. The summed E-state index contributed by atoms with van der Waals surface area (Å²) in [5.74, 6) is 0.753. The van der Waals surface area contributed by atoms with Crippen molar-refractivity contribution in [2.75, 3.05) is 20.1 Å². The summed E-state index contributed by atoms with van der Waals surface area (Å²) in [6.07, 6.45) is 2.49. The molecule has 1 aliphatic rings. The van der Waals surface area contributed by atoms with Gasteiger partial charge in [0.05, 0.1) is 5.52 Å². The van der Waals surface area contributed by atoms with Gasteiger partial charge in [-0.2, -0.15) is 0 Å². The lowest BCUT2D eigenvalue weighted by Crippen LogP contribution is -2.35. The molecule has 1 aromatic heterocycles. The highest BCUT2D eigenvalue weighted by molar-refractivity contribution is 5.78. The molecular formula is C15H18N2O. The van der Waals surface area contributed by atoms with E-state index in [0.717, 1.165) is 42.7 Å². The molecule has 2 heterocycles. The van der Waals surface area contributed by atoms with E-state index >= 15 is 0 Å². The van der Waals surface area contributed by atoms with Crippen LogP contribution < -0.4 is 4.74 Å². The van der Waals surface area contributed by atoms with Gasteiger partial charge in [-0.15, -0.1) is 0 Å². The Morgan fingerprint density at radius 2 is 1.89 bits per heavy atom. The molecule has 3 heteroatoms. The Balaban J connectivity index is 1.74. The number of benzene rings is 1. The topological polar surface area (TPSA) is 25.4 Å². The van der Waals surface area contributed by atoms with Crippen molar-refractivity contribution in [2.45, 2.75) is 18.9 Å². The summed E-state index contributed by atoms with van der Waals surface area (Å²) in [5, 5.41) is 1.16. The average molecular weight is 242 g/mol. The highest BCUT2D eigenvalue weighted by Crippen LogP contribution is 2.20. The largest absolute Gasteiger partial charge is 0.474 e.